The van der Waals surface area contributed by atoms with Crippen molar-refractivity contribution in [2.75, 3.05) is 44.2 Å². The topological polar surface area (TPSA) is 47.6 Å². The molecule has 1 heterocycles. The molecule has 2 N–H and O–H groups in total. The molecule has 2 amide bonds. The van der Waals surface area contributed by atoms with Crippen molar-refractivity contribution in [2.45, 2.75) is 57.9 Å². The van der Waals surface area contributed by atoms with Gasteiger partial charge < -0.3 is 15.5 Å². The number of nitrogens with one attached hydrogen (secondary N) is 2. The fraction of sp³-hybridized carbons (Fsp3) is 0.696. The van der Waals surface area contributed by atoms with Gasteiger partial charge in [0.15, 0.2) is 0 Å². The van der Waals surface area contributed by atoms with E-state index in [9.17, 15) is 4.79 Å². The minimum absolute atomic E-state index is 0.00424. The Hall–Kier alpha value is -1.17. The monoisotopic (exact) mass is 454 g/mol. The molecule has 1 saturated carbocycles. The molecule has 168 valence electrons. The quantitative estimate of drug-likeness (QED) is 0.532. The molecule has 5 nitrogen and oxygen atoms in total. The van der Waals surface area contributed by atoms with Gasteiger partial charge in [-0.1, -0.05) is 42.6 Å². The van der Waals surface area contributed by atoms with Gasteiger partial charge in [-0.3, -0.25) is 4.90 Å². The number of benzene rings is 1. The second-order valence-electron chi connectivity index (χ2n) is 8.66. The summed E-state index contributed by atoms with van der Waals surface area (Å²) in [6.45, 7) is 8.19. The first-order valence-electron chi connectivity index (χ1n) is 11.5. The molecular weight excluding hydrogens is 419 g/mol. The molecule has 0 spiro atoms. The van der Waals surface area contributed by atoms with E-state index in [4.69, 9.17) is 23.2 Å². The lowest BCUT2D eigenvalue weighted by atomic mass is 9.84. The van der Waals surface area contributed by atoms with Crippen molar-refractivity contribution >= 4 is 34.9 Å². The number of nitrogens with zero attached hydrogens (tertiary/aromatic N) is 2. The van der Waals surface area contributed by atoms with Crippen LogP contribution < -0.4 is 15.5 Å². The summed E-state index contributed by atoms with van der Waals surface area (Å²) in [5.74, 6) is 0.784. The van der Waals surface area contributed by atoms with Gasteiger partial charge >= 0.3 is 6.03 Å². The SMILES string of the molecule is CCCCNC(=O)NC1CCC(CCN2CCN(c3cccc(Cl)c3Cl)CC2)CC1. The molecule has 1 aliphatic heterocycles. The number of anilines is 1. The van der Waals surface area contributed by atoms with Crippen LogP contribution in [0.15, 0.2) is 18.2 Å². The molecule has 1 aliphatic carbocycles. The van der Waals surface area contributed by atoms with E-state index in [1.807, 2.05) is 12.1 Å². The molecule has 1 aromatic rings. The smallest absolute Gasteiger partial charge is 0.315 e. The van der Waals surface area contributed by atoms with Crippen LogP contribution in [0.5, 0.6) is 0 Å². The summed E-state index contributed by atoms with van der Waals surface area (Å²) in [4.78, 5) is 16.8. The van der Waals surface area contributed by atoms with Crippen molar-refractivity contribution in [1.82, 2.24) is 15.5 Å². The Kier molecular flexibility index (Phi) is 9.41. The highest BCUT2D eigenvalue weighted by atomic mass is 35.5. The number of piperazine rings is 1. The minimum Gasteiger partial charge on any atom is -0.368 e. The standard InChI is InChI=1S/C23H36Cl2N4O/c1-2-3-12-26-23(30)27-19-9-7-18(8-10-19)11-13-28-14-16-29(17-15-28)21-6-4-5-20(24)22(21)25/h4-6,18-19H,2-3,7-17H2,1H3,(H2,26,27,30). The maximum absolute atomic E-state index is 11.9. The van der Waals surface area contributed by atoms with E-state index >= 15 is 0 Å². The zero-order chi connectivity index (χ0) is 21.3. The van der Waals surface area contributed by atoms with Crippen molar-refractivity contribution in [1.29, 1.82) is 0 Å². The van der Waals surface area contributed by atoms with Crippen molar-refractivity contribution in [3.8, 4) is 0 Å². The van der Waals surface area contributed by atoms with Gasteiger partial charge in [0, 0.05) is 38.8 Å². The summed E-state index contributed by atoms with van der Waals surface area (Å²) in [6.07, 6.45) is 8.05. The molecule has 0 unspecified atom stereocenters. The van der Waals surface area contributed by atoms with Gasteiger partial charge in [-0.15, -0.1) is 0 Å². The summed E-state index contributed by atoms with van der Waals surface area (Å²) in [5, 5.41) is 7.39. The zero-order valence-electron chi connectivity index (χ0n) is 18.1. The first-order chi connectivity index (χ1) is 14.6. The number of amides is 2. The van der Waals surface area contributed by atoms with E-state index in [-0.39, 0.29) is 6.03 Å². The number of urea groups is 1. The number of rotatable bonds is 8. The van der Waals surface area contributed by atoms with E-state index < -0.39 is 0 Å². The average molecular weight is 455 g/mol. The van der Waals surface area contributed by atoms with E-state index in [0.717, 1.165) is 76.6 Å². The lowest BCUT2D eigenvalue weighted by molar-refractivity contribution is 0.205. The predicted octanol–water partition coefficient (Wildman–Crippen LogP) is 5.16. The predicted molar refractivity (Wildman–Crippen MR) is 127 cm³/mol. The van der Waals surface area contributed by atoms with Gasteiger partial charge in [0.05, 0.1) is 15.7 Å². The second-order valence-corrected chi connectivity index (χ2v) is 9.45. The van der Waals surface area contributed by atoms with Gasteiger partial charge in [0.25, 0.3) is 0 Å². The molecule has 0 bridgehead atoms. The first kappa shape index (κ1) is 23.5. The van der Waals surface area contributed by atoms with Crippen LogP contribution in [0.4, 0.5) is 10.5 Å². The molecule has 0 atom stereocenters. The highest BCUT2D eigenvalue weighted by molar-refractivity contribution is 6.43. The van der Waals surface area contributed by atoms with Crippen LogP contribution in [0.2, 0.25) is 10.0 Å². The molecular formula is C23H36Cl2N4O. The fourth-order valence-corrected chi connectivity index (χ4v) is 4.94. The number of halogens is 2. The van der Waals surface area contributed by atoms with E-state index in [1.54, 1.807) is 0 Å². The lowest BCUT2D eigenvalue weighted by Gasteiger charge is -2.37. The normalized spacial score (nSPS) is 22.7. The summed E-state index contributed by atoms with van der Waals surface area (Å²) in [5.41, 5.74) is 1.05. The number of hydrogen-bond donors (Lipinski definition) is 2. The van der Waals surface area contributed by atoms with Gasteiger partial charge in [0.1, 0.15) is 0 Å². The first-order valence-corrected chi connectivity index (χ1v) is 12.3. The van der Waals surface area contributed by atoms with Gasteiger partial charge in [-0.2, -0.15) is 0 Å². The van der Waals surface area contributed by atoms with Crippen LogP contribution in [-0.2, 0) is 0 Å². The third kappa shape index (κ3) is 6.93. The molecule has 3 rings (SSSR count). The zero-order valence-corrected chi connectivity index (χ0v) is 19.6. The summed E-state index contributed by atoms with van der Waals surface area (Å²) in [7, 11) is 0. The van der Waals surface area contributed by atoms with Crippen molar-refractivity contribution in [2.24, 2.45) is 5.92 Å². The molecule has 1 aromatic carbocycles. The van der Waals surface area contributed by atoms with Crippen molar-refractivity contribution in [3.63, 3.8) is 0 Å². The molecule has 2 aliphatic rings. The van der Waals surface area contributed by atoms with Crippen LogP contribution >= 0.6 is 23.2 Å². The third-order valence-electron chi connectivity index (χ3n) is 6.50. The Balaban J connectivity index is 1.31. The Labute approximate surface area is 191 Å². The maximum Gasteiger partial charge on any atom is 0.315 e. The van der Waals surface area contributed by atoms with Crippen LogP contribution in [0.25, 0.3) is 0 Å². The van der Waals surface area contributed by atoms with Gasteiger partial charge in [0.2, 0.25) is 0 Å². The lowest BCUT2D eigenvalue weighted by Crippen LogP contribution is -2.47. The highest BCUT2D eigenvalue weighted by Gasteiger charge is 2.24. The van der Waals surface area contributed by atoms with Crippen LogP contribution in [0.1, 0.15) is 51.9 Å². The van der Waals surface area contributed by atoms with Crippen LogP contribution in [-0.4, -0.2) is 56.2 Å². The number of hydrogen-bond acceptors (Lipinski definition) is 3. The van der Waals surface area contributed by atoms with Crippen LogP contribution in [0.3, 0.4) is 0 Å². The largest absolute Gasteiger partial charge is 0.368 e. The van der Waals surface area contributed by atoms with E-state index in [0.29, 0.717) is 16.1 Å². The molecule has 1 saturated heterocycles. The van der Waals surface area contributed by atoms with E-state index in [1.165, 1.54) is 19.3 Å². The van der Waals surface area contributed by atoms with Crippen molar-refractivity contribution in [3.05, 3.63) is 28.2 Å². The number of unbranched alkanes of at least 4 members (excludes halogenated alkanes) is 1. The Morgan fingerprint density at radius 1 is 1.10 bits per heavy atom. The Bertz CT molecular complexity index is 671. The molecule has 0 radical (unpaired) electrons. The summed E-state index contributed by atoms with van der Waals surface area (Å²) in [6, 6.07) is 6.21. The fourth-order valence-electron chi connectivity index (χ4n) is 4.52. The molecule has 2 fully saturated rings. The van der Waals surface area contributed by atoms with Crippen LogP contribution in [0, 0.1) is 5.92 Å². The Morgan fingerprint density at radius 3 is 2.53 bits per heavy atom. The molecule has 0 aromatic heterocycles. The van der Waals surface area contributed by atoms with Gasteiger partial charge in [-0.05, 0) is 63.1 Å². The van der Waals surface area contributed by atoms with E-state index in [2.05, 4.69) is 33.4 Å². The third-order valence-corrected chi connectivity index (χ3v) is 7.30. The molecule has 30 heavy (non-hydrogen) atoms. The maximum atomic E-state index is 11.9. The highest BCUT2D eigenvalue weighted by Crippen LogP contribution is 2.33. The molecule has 7 heteroatoms. The summed E-state index contributed by atoms with van der Waals surface area (Å²) >= 11 is 12.6. The average Bonchev–Trinajstić information content (AvgIpc) is 2.76. The Morgan fingerprint density at radius 2 is 1.83 bits per heavy atom. The van der Waals surface area contributed by atoms with Crippen molar-refractivity contribution < 1.29 is 4.79 Å². The number of carbonyl (C=O) groups is 1. The number of carbonyl (C=O) groups excluding carboxylic acids is 1. The summed E-state index contributed by atoms with van der Waals surface area (Å²) < 4.78 is 0. The van der Waals surface area contributed by atoms with Gasteiger partial charge in [-0.25, -0.2) is 4.79 Å². The minimum atomic E-state index is 0.00424. The second kappa shape index (κ2) is 12.0.